The van der Waals surface area contributed by atoms with Crippen LogP contribution in [0.5, 0.6) is 0 Å². The summed E-state index contributed by atoms with van der Waals surface area (Å²) in [5.74, 6) is 2.62. The van der Waals surface area contributed by atoms with Crippen LogP contribution in [0.2, 0.25) is 0 Å². The Kier molecular flexibility index (Phi) is 5.61. The molecule has 5 aliphatic rings. The summed E-state index contributed by atoms with van der Waals surface area (Å²) in [7, 11) is 1.76. The first-order valence-electron chi connectivity index (χ1n) is 14.3. The van der Waals surface area contributed by atoms with Gasteiger partial charge < -0.3 is 15.0 Å². The van der Waals surface area contributed by atoms with Crippen LogP contribution in [0.25, 0.3) is 22.1 Å². The molecule has 8 atom stereocenters. The number of benzene rings is 2. The lowest BCUT2D eigenvalue weighted by atomic mass is 9.98. The smallest absolute Gasteiger partial charge is 0.300 e. The first-order chi connectivity index (χ1) is 20.4. The van der Waals surface area contributed by atoms with Crippen molar-refractivity contribution in [1.29, 1.82) is 0 Å². The number of hydrogen-bond acceptors (Lipinski definition) is 13. The van der Waals surface area contributed by atoms with Crippen LogP contribution < -0.4 is 10.2 Å². The maximum absolute atomic E-state index is 11.0. The van der Waals surface area contributed by atoms with Crippen LogP contribution in [0.1, 0.15) is 38.5 Å². The van der Waals surface area contributed by atoms with Gasteiger partial charge in [-0.1, -0.05) is 0 Å². The average molecular weight is 577 g/mol. The van der Waals surface area contributed by atoms with Gasteiger partial charge in [0.1, 0.15) is 0 Å². The molecule has 1 saturated heterocycles. The third-order valence-electron chi connectivity index (χ3n) is 10.3. The van der Waals surface area contributed by atoms with E-state index in [1.54, 1.807) is 19.2 Å². The summed E-state index contributed by atoms with van der Waals surface area (Å²) >= 11 is 0. The number of fused-ring (bicyclic) bond motifs is 9. The van der Waals surface area contributed by atoms with Gasteiger partial charge in [0, 0.05) is 31.2 Å². The highest BCUT2D eigenvalue weighted by Crippen LogP contribution is 2.60. The van der Waals surface area contributed by atoms with Gasteiger partial charge in [-0.25, -0.2) is 9.26 Å². The zero-order valence-corrected chi connectivity index (χ0v) is 22.7. The molecule has 4 aromatic rings. The zero-order chi connectivity index (χ0) is 28.7. The third kappa shape index (κ3) is 3.68. The maximum Gasteiger partial charge on any atom is 0.300 e. The van der Waals surface area contributed by atoms with Crippen LogP contribution >= 0.6 is 0 Å². The second-order valence-corrected chi connectivity index (χ2v) is 12.1. The van der Waals surface area contributed by atoms with E-state index in [2.05, 4.69) is 30.8 Å². The summed E-state index contributed by atoms with van der Waals surface area (Å²) in [6.07, 6.45) is 7.67. The van der Waals surface area contributed by atoms with Crippen molar-refractivity contribution in [1.82, 2.24) is 20.6 Å². The Hall–Kier alpha value is -4.40. The summed E-state index contributed by atoms with van der Waals surface area (Å²) < 4.78 is 15.0. The Morgan fingerprint density at radius 1 is 0.810 bits per heavy atom. The van der Waals surface area contributed by atoms with Crippen molar-refractivity contribution in [3.05, 3.63) is 44.5 Å². The van der Waals surface area contributed by atoms with Gasteiger partial charge in [-0.05, 0) is 89.0 Å². The lowest BCUT2D eigenvalue weighted by Crippen LogP contribution is -2.28. The Bertz CT molecular complexity index is 1710. The topological polar surface area (TPSA) is 188 Å². The number of anilines is 2. The van der Waals surface area contributed by atoms with Gasteiger partial charge in [-0.3, -0.25) is 20.2 Å². The maximum atomic E-state index is 11.0. The largest absolute Gasteiger partial charge is 0.381 e. The minimum absolute atomic E-state index is 0.0417. The highest BCUT2D eigenvalue weighted by Gasteiger charge is 2.64. The van der Waals surface area contributed by atoms with E-state index < -0.39 is 9.85 Å². The molecule has 15 nitrogen and oxygen atoms in total. The molecule has 2 aromatic heterocycles. The lowest BCUT2D eigenvalue weighted by molar-refractivity contribution is -0.383. The van der Waals surface area contributed by atoms with E-state index in [0.717, 1.165) is 36.1 Å². The van der Waals surface area contributed by atoms with Crippen molar-refractivity contribution < 1.29 is 23.8 Å². The molecule has 1 N–H and O–H groups in total. The molecule has 42 heavy (non-hydrogen) atoms. The standard InChI is InChI=1S/C14H16N4O4.C13H12N4O3/c1-21-11-6-7-2-3-8(11)12(7)15-9-4-5-10(18(19)20)14-13(9)16-22-17-14;18-17(19)9-4-3-8(10-11(9)15-20-14-10)16-12-6-1-2-7(5-6)13(12)16/h4-5,7-8,11-12,15H,2-3,6H2,1H3;3-4,6-7,12-13H,1-2,5H2. The number of nitrogens with one attached hydrogen (secondary N) is 1. The molecule has 0 spiro atoms. The monoisotopic (exact) mass is 576 g/mol. The quantitative estimate of drug-likeness (QED) is 0.192. The minimum Gasteiger partial charge on any atom is -0.381 e. The average Bonchev–Trinajstić information content (AvgIpc) is 3.71. The van der Waals surface area contributed by atoms with Crippen molar-refractivity contribution in [2.24, 2.45) is 23.7 Å². The van der Waals surface area contributed by atoms with Crippen molar-refractivity contribution in [3.63, 3.8) is 0 Å². The number of rotatable bonds is 6. The summed E-state index contributed by atoms with van der Waals surface area (Å²) in [5, 5.41) is 40.6. The van der Waals surface area contributed by atoms with Crippen molar-refractivity contribution in [3.8, 4) is 0 Å². The van der Waals surface area contributed by atoms with Crippen LogP contribution in [-0.2, 0) is 4.74 Å². The highest BCUT2D eigenvalue weighted by atomic mass is 16.6. The summed E-state index contributed by atoms with van der Waals surface area (Å²) in [6, 6.07) is 7.96. The first-order valence-corrected chi connectivity index (χ1v) is 14.3. The molecule has 2 aromatic carbocycles. The number of nitro benzene ring substituents is 2. The van der Waals surface area contributed by atoms with Crippen LogP contribution in [0.15, 0.2) is 33.5 Å². The highest BCUT2D eigenvalue weighted by molar-refractivity contribution is 5.95. The molecule has 4 aliphatic carbocycles. The molecule has 0 amide bonds. The molecular formula is C27H28N8O7. The molecule has 15 heteroatoms. The Balaban J connectivity index is 0.000000127. The molecule has 218 valence electrons. The SMILES string of the molecule is COC1CC2CCC1C2Nc1ccc([N+](=O)[O-])c2nonc12.O=[N+]([O-])c1ccc(N2C3C4CCC(C4)C32)c2nonc12. The first kappa shape index (κ1) is 25.3. The fraction of sp³-hybridized carbons (Fsp3) is 0.556. The summed E-state index contributed by atoms with van der Waals surface area (Å²) in [6.45, 7) is 0. The van der Waals surface area contributed by atoms with Gasteiger partial charge in [-0.15, -0.1) is 0 Å². The summed E-state index contributed by atoms with van der Waals surface area (Å²) in [4.78, 5) is 23.5. The van der Waals surface area contributed by atoms with Crippen molar-refractivity contribution >= 4 is 44.8 Å². The van der Waals surface area contributed by atoms with Crippen LogP contribution in [0.4, 0.5) is 22.7 Å². The minimum atomic E-state index is -0.476. The van der Waals surface area contributed by atoms with E-state index in [9.17, 15) is 20.2 Å². The van der Waals surface area contributed by atoms with Gasteiger partial charge in [0.25, 0.3) is 0 Å². The van der Waals surface area contributed by atoms with Crippen molar-refractivity contribution in [2.75, 3.05) is 17.3 Å². The fourth-order valence-electron chi connectivity index (χ4n) is 8.53. The van der Waals surface area contributed by atoms with E-state index in [0.29, 0.717) is 47.1 Å². The van der Waals surface area contributed by atoms with Crippen LogP contribution in [0.3, 0.4) is 0 Å². The van der Waals surface area contributed by atoms with E-state index in [-0.39, 0.29) is 22.4 Å². The fourth-order valence-corrected chi connectivity index (χ4v) is 8.53. The number of hydrogen-bond donors (Lipinski definition) is 1. The van der Waals surface area contributed by atoms with Gasteiger partial charge in [0.15, 0.2) is 11.0 Å². The van der Waals surface area contributed by atoms with E-state index >= 15 is 0 Å². The molecule has 9 rings (SSSR count). The molecule has 1 aliphatic heterocycles. The third-order valence-corrected chi connectivity index (χ3v) is 10.3. The second kappa shape index (κ2) is 9.31. The number of aromatic nitrogens is 4. The molecule has 3 heterocycles. The molecule has 4 saturated carbocycles. The number of non-ortho nitro benzene ring substituents is 2. The van der Waals surface area contributed by atoms with Gasteiger partial charge >= 0.3 is 11.4 Å². The predicted molar refractivity (Wildman–Crippen MR) is 147 cm³/mol. The second-order valence-electron chi connectivity index (χ2n) is 12.1. The van der Waals surface area contributed by atoms with E-state index in [1.807, 2.05) is 0 Å². The molecule has 8 unspecified atom stereocenters. The number of nitro groups is 2. The molecule has 4 bridgehead atoms. The summed E-state index contributed by atoms with van der Waals surface area (Å²) in [5.41, 5.74) is 2.92. The number of ether oxygens (including phenoxy) is 1. The Labute approximate surface area is 237 Å². The number of nitrogens with zero attached hydrogens (tertiary/aromatic N) is 7. The van der Waals surface area contributed by atoms with Crippen LogP contribution in [0, 0.1) is 43.9 Å². The number of methoxy groups -OCH3 is 1. The van der Waals surface area contributed by atoms with Crippen molar-refractivity contribution in [2.45, 2.75) is 62.8 Å². The van der Waals surface area contributed by atoms with Gasteiger partial charge in [-0.2, -0.15) is 0 Å². The van der Waals surface area contributed by atoms with Gasteiger partial charge in [0.05, 0.1) is 39.4 Å². The molecular weight excluding hydrogens is 548 g/mol. The van der Waals surface area contributed by atoms with E-state index in [1.165, 1.54) is 37.8 Å². The number of piperidine rings is 1. The Morgan fingerprint density at radius 2 is 1.40 bits per heavy atom. The predicted octanol–water partition coefficient (Wildman–Crippen LogP) is 4.47. The zero-order valence-electron chi connectivity index (χ0n) is 22.7. The normalized spacial score (nSPS) is 31.8. The molecule has 5 fully saturated rings. The Morgan fingerprint density at radius 3 is 2.05 bits per heavy atom. The molecule has 0 radical (unpaired) electrons. The lowest BCUT2D eigenvalue weighted by Gasteiger charge is -2.21. The van der Waals surface area contributed by atoms with Gasteiger partial charge in [0.2, 0.25) is 11.0 Å². The van der Waals surface area contributed by atoms with E-state index in [4.69, 9.17) is 14.0 Å². The van der Waals surface area contributed by atoms with Crippen LogP contribution in [-0.4, -0.2) is 61.8 Å².